The average Bonchev–Trinajstić information content (AvgIpc) is 2.95. The molecule has 0 amide bonds. The lowest BCUT2D eigenvalue weighted by Crippen LogP contribution is -2.36. The topological polar surface area (TPSA) is 68.0 Å². The fourth-order valence-corrected chi connectivity index (χ4v) is 2.91. The summed E-state index contributed by atoms with van der Waals surface area (Å²) in [5.41, 5.74) is 2.34. The summed E-state index contributed by atoms with van der Waals surface area (Å²) in [6, 6.07) is 10.9. The largest absolute Gasteiger partial charge is 0.439 e. The Labute approximate surface area is 137 Å². The summed E-state index contributed by atoms with van der Waals surface area (Å²) in [4.78, 5) is 8.68. The highest BCUT2D eigenvalue weighted by molar-refractivity contribution is 7.84. The second kappa shape index (κ2) is 6.22. The van der Waals surface area contributed by atoms with Gasteiger partial charge < -0.3 is 4.42 Å². The lowest BCUT2D eigenvalue weighted by molar-refractivity contribution is 0.486. The molecule has 1 N–H and O–H groups in total. The first kappa shape index (κ1) is 15.8. The molecule has 2 aromatic heterocycles. The molecule has 0 saturated heterocycles. The van der Waals surface area contributed by atoms with Crippen molar-refractivity contribution >= 4 is 22.1 Å². The zero-order valence-corrected chi connectivity index (χ0v) is 14.1. The quantitative estimate of drug-likeness (QED) is 0.797. The molecule has 0 spiro atoms. The van der Waals surface area contributed by atoms with Gasteiger partial charge in [-0.1, -0.05) is 18.2 Å². The SMILES string of the molecule is CC(C)(C)S(=O)NC(c1cccnc1)c1nc2ccccc2o1. The van der Waals surface area contributed by atoms with Gasteiger partial charge in [-0.15, -0.1) is 0 Å². The third kappa shape index (κ3) is 3.48. The van der Waals surface area contributed by atoms with Crippen molar-refractivity contribution in [1.82, 2.24) is 14.7 Å². The van der Waals surface area contributed by atoms with E-state index >= 15 is 0 Å². The number of nitrogens with zero attached hydrogens (tertiary/aromatic N) is 2. The zero-order chi connectivity index (χ0) is 16.4. The van der Waals surface area contributed by atoms with Crippen LogP contribution in [-0.2, 0) is 11.0 Å². The maximum absolute atomic E-state index is 12.5. The van der Waals surface area contributed by atoms with Gasteiger partial charge in [0.2, 0.25) is 5.89 Å². The van der Waals surface area contributed by atoms with Gasteiger partial charge in [0.15, 0.2) is 5.58 Å². The Morgan fingerprint density at radius 1 is 1.17 bits per heavy atom. The van der Waals surface area contributed by atoms with Gasteiger partial charge in [0.05, 0.1) is 15.7 Å². The Bertz CT molecular complexity index is 791. The number of benzene rings is 1. The standard InChI is InChI=1S/C17H19N3O2S/c1-17(2,3)23(21)20-15(12-7-6-10-18-11-12)16-19-13-8-4-5-9-14(13)22-16/h4-11,15,20H,1-3H3. The molecule has 0 bridgehead atoms. The molecule has 2 unspecified atom stereocenters. The van der Waals surface area contributed by atoms with Crippen LogP contribution < -0.4 is 4.72 Å². The van der Waals surface area contributed by atoms with E-state index in [1.54, 1.807) is 12.4 Å². The molecule has 2 heterocycles. The third-order valence-electron chi connectivity index (χ3n) is 3.36. The van der Waals surface area contributed by atoms with E-state index in [-0.39, 0.29) is 0 Å². The molecule has 3 rings (SSSR count). The minimum Gasteiger partial charge on any atom is -0.439 e. The smallest absolute Gasteiger partial charge is 0.218 e. The van der Waals surface area contributed by atoms with Gasteiger partial charge >= 0.3 is 0 Å². The van der Waals surface area contributed by atoms with E-state index in [4.69, 9.17) is 4.42 Å². The summed E-state index contributed by atoms with van der Waals surface area (Å²) in [7, 11) is -1.27. The van der Waals surface area contributed by atoms with Crippen LogP contribution in [0.25, 0.3) is 11.1 Å². The van der Waals surface area contributed by atoms with Crippen LogP contribution in [0.5, 0.6) is 0 Å². The van der Waals surface area contributed by atoms with Crippen LogP contribution in [0, 0.1) is 0 Å². The van der Waals surface area contributed by atoms with Crippen molar-refractivity contribution in [3.8, 4) is 0 Å². The number of rotatable bonds is 4. The van der Waals surface area contributed by atoms with Crippen LogP contribution in [0.2, 0.25) is 0 Å². The molecule has 0 saturated carbocycles. The number of nitrogens with one attached hydrogen (secondary N) is 1. The monoisotopic (exact) mass is 329 g/mol. The van der Waals surface area contributed by atoms with E-state index in [1.807, 2.05) is 57.2 Å². The average molecular weight is 329 g/mol. The molecule has 2 atom stereocenters. The molecule has 0 fully saturated rings. The lowest BCUT2D eigenvalue weighted by atomic mass is 10.1. The summed E-state index contributed by atoms with van der Waals surface area (Å²) >= 11 is 0. The fraction of sp³-hybridized carbons (Fsp3) is 0.294. The van der Waals surface area contributed by atoms with Crippen LogP contribution in [0.1, 0.15) is 38.3 Å². The van der Waals surface area contributed by atoms with Gasteiger partial charge in [0.25, 0.3) is 0 Å². The molecule has 0 radical (unpaired) electrons. The van der Waals surface area contributed by atoms with E-state index in [2.05, 4.69) is 14.7 Å². The molecule has 120 valence electrons. The van der Waals surface area contributed by atoms with Crippen molar-refractivity contribution in [2.75, 3.05) is 0 Å². The number of para-hydroxylation sites is 2. The molecule has 0 aliphatic heterocycles. The fourth-order valence-electron chi connectivity index (χ4n) is 2.11. The number of oxazole rings is 1. The highest BCUT2D eigenvalue weighted by Crippen LogP contribution is 2.26. The van der Waals surface area contributed by atoms with Crippen molar-refractivity contribution < 1.29 is 8.63 Å². The van der Waals surface area contributed by atoms with Crippen LogP contribution in [-0.4, -0.2) is 18.9 Å². The van der Waals surface area contributed by atoms with Crippen molar-refractivity contribution in [2.24, 2.45) is 0 Å². The Hall–Kier alpha value is -2.05. The normalized spacial score (nSPS) is 14.7. The number of aromatic nitrogens is 2. The van der Waals surface area contributed by atoms with Crippen LogP contribution in [0.3, 0.4) is 0 Å². The van der Waals surface area contributed by atoms with Crippen LogP contribution in [0.15, 0.2) is 53.2 Å². The lowest BCUT2D eigenvalue weighted by Gasteiger charge is -2.22. The maximum Gasteiger partial charge on any atom is 0.218 e. The maximum atomic E-state index is 12.5. The molecular formula is C17H19N3O2S. The Balaban J connectivity index is 2.02. The second-order valence-corrected chi connectivity index (χ2v) is 8.24. The number of pyridine rings is 1. The van der Waals surface area contributed by atoms with Gasteiger partial charge in [-0.25, -0.2) is 13.9 Å². The molecular weight excluding hydrogens is 310 g/mol. The first-order chi connectivity index (χ1) is 10.9. The van der Waals surface area contributed by atoms with E-state index in [1.165, 1.54) is 0 Å². The van der Waals surface area contributed by atoms with Gasteiger partial charge in [-0.3, -0.25) is 4.98 Å². The Kier molecular flexibility index (Phi) is 4.28. The first-order valence-electron chi connectivity index (χ1n) is 7.38. The summed E-state index contributed by atoms with van der Waals surface area (Å²) < 4.78 is 21.1. The predicted molar refractivity (Wildman–Crippen MR) is 91.1 cm³/mol. The molecule has 6 heteroatoms. The molecule has 3 aromatic rings. The van der Waals surface area contributed by atoms with Crippen molar-refractivity contribution in [3.63, 3.8) is 0 Å². The van der Waals surface area contributed by atoms with Crippen molar-refractivity contribution in [1.29, 1.82) is 0 Å². The molecule has 23 heavy (non-hydrogen) atoms. The van der Waals surface area contributed by atoms with E-state index in [9.17, 15) is 4.21 Å². The van der Waals surface area contributed by atoms with Crippen LogP contribution in [0.4, 0.5) is 0 Å². The number of fused-ring (bicyclic) bond motifs is 1. The van der Waals surface area contributed by atoms with Gasteiger partial charge in [-0.05, 0) is 44.5 Å². The minimum absolute atomic E-state index is 0.396. The molecule has 1 aromatic carbocycles. The van der Waals surface area contributed by atoms with E-state index in [0.717, 1.165) is 11.1 Å². The molecule has 5 nitrogen and oxygen atoms in total. The van der Waals surface area contributed by atoms with Crippen molar-refractivity contribution in [2.45, 2.75) is 31.6 Å². The summed E-state index contributed by atoms with van der Waals surface area (Å²) in [6.07, 6.45) is 3.43. The third-order valence-corrected chi connectivity index (χ3v) is 4.92. The van der Waals surface area contributed by atoms with E-state index < -0.39 is 21.8 Å². The summed E-state index contributed by atoms with van der Waals surface area (Å²) in [5.74, 6) is 0.483. The highest BCUT2D eigenvalue weighted by Gasteiger charge is 2.27. The van der Waals surface area contributed by atoms with Crippen molar-refractivity contribution in [3.05, 3.63) is 60.2 Å². The molecule has 0 aliphatic rings. The second-order valence-electron chi connectivity index (χ2n) is 6.24. The first-order valence-corrected chi connectivity index (χ1v) is 8.53. The predicted octanol–water partition coefficient (Wildman–Crippen LogP) is 3.36. The van der Waals surface area contributed by atoms with E-state index in [0.29, 0.717) is 11.5 Å². The highest BCUT2D eigenvalue weighted by atomic mass is 32.2. The summed E-state index contributed by atoms with van der Waals surface area (Å²) in [5, 5.41) is 0. The Morgan fingerprint density at radius 2 is 1.96 bits per heavy atom. The Morgan fingerprint density at radius 3 is 2.61 bits per heavy atom. The van der Waals surface area contributed by atoms with Gasteiger partial charge in [0, 0.05) is 12.4 Å². The number of hydrogen-bond acceptors (Lipinski definition) is 4. The number of hydrogen-bond donors (Lipinski definition) is 1. The minimum atomic E-state index is -1.27. The van der Waals surface area contributed by atoms with Gasteiger partial charge in [0.1, 0.15) is 11.6 Å². The molecule has 0 aliphatic carbocycles. The zero-order valence-electron chi connectivity index (χ0n) is 13.3. The summed E-state index contributed by atoms with van der Waals surface area (Å²) in [6.45, 7) is 5.76. The van der Waals surface area contributed by atoms with Gasteiger partial charge in [-0.2, -0.15) is 0 Å². The van der Waals surface area contributed by atoms with Crippen LogP contribution >= 0.6 is 0 Å².